The van der Waals surface area contributed by atoms with Gasteiger partial charge in [-0.3, -0.25) is 14.5 Å². The maximum Gasteiger partial charge on any atom is 0.345 e. The zero-order valence-corrected chi connectivity index (χ0v) is 18.9. The van der Waals surface area contributed by atoms with Crippen LogP contribution in [0.25, 0.3) is 16.5 Å². The summed E-state index contributed by atoms with van der Waals surface area (Å²) in [7, 11) is 5.44. The Bertz CT molecular complexity index is 1420. The Hall–Kier alpha value is -4.10. The summed E-state index contributed by atoms with van der Waals surface area (Å²) in [6, 6.07) is 9.16. The largest absolute Gasteiger partial charge is 0.465 e. The van der Waals surface area contributed by atoms with Crippen molar-refractivity contribution in [2.24, 2.45) is 7.05 Å². The lowest BCUT2D eigenvalue weighted by Crippen LogP contribution is -2.26. The first-order valence-corrected chi connectivity index (χ1v) is 10.4. The first-order valence-electron chi connectivity index (χ1n) is 9.62. The molecule has 2 amide bonds. The predicted octanol–water partition coefficient (Wildman–Crippen LogP) is 2.09. The number of carbonyl (C=O) groups is 4. The summed E-state index contributed by atoms with van der Waals surface area (Å²) < 4.78 is 11.7. The van der Waals surface area contributed by atoms with Crippen LogP contribution in [-0.4, -0.2) is 54.5 Å². The minimum Gasteiger partial charge on any atom is -0.465 e. The summed E-state index contributed by atoms with van der Waals surface area (Å²) in [5, 5.41) is 10.9. The smallest absolute Gasteiger partial charge is 0.345 e. The number of fused-ring (bicyclic) bond motifs is 3. The SMILES string of the molecule is COC(=O)C1=C(C(=O)OC)/C(=C/C2=C(C#N)C(=O)N(C)C2=O)c2c(n(C)c3ccccc23)S1. The topological polar surface area (TPSA) is 119 Å². The molecule has 9 nitrogen and oxygen atoms in total. The van der Waals surface area contributed by atoms with Crippen LogP contribution in [0.4, 0.5) is 0 Å². The molecule has 0 spiro atoms. The number of hydrogen-bond donors (Lipinski definition) is 0. The van der Waals surface area contributed by atoms with E-state index in [4.69, 9.17) is 9.47 Å². The highest BCUT2D eigenvalue weighted by Crippen LogP contribution is 2.49. The van der Waals surface area contributed by atoms with Crippen molar-refractivity contribution in [2.75, 3.05) is 21.3 Å². The van der Waals surface area contributed by atoms with Crippen LogP contribution in [0.1, 0.15) is 5.56 Å². The van der Waals surface area contributed by atoms with Gasteiger partial charge in [0.25, 0.3) is 11.8 Å². The number of nitriles is 1. The average Bonchev–Trinajstić information content (AvgIpc) is 3.23. The van der Waals surface area contributed by atoms with Gasteiger partial charge in [0, 0.05) is 36.1 Å². The molecule has 0 N–H and O–H groups in total. The van der Waals surface area contributed by atoms with E-state index in [9.17, 15) is 24.4 Å². The first-order chi connectivity index (χ1) is 15.8. The number of hydrogen-bond acceptors (Lipinski definition) is 8. The van der Waals surface area contributed by atoms with E-state index in [0.717, 1.165) is 27.6 Å². The van der Waals surface area contributed by atoms with Crippen molar-refractivity contribution in [3.05, 3.63) is 57.5 Å². The summed E-state index contributed by atoms with van der Waals surface area (Å²) in [6.45, 7) is 0. The lowest BCUT2D eigenvalue weighted by molar-refractivity contribution is -0.138. The number of methoxy groups -OCH3 is 2. The highest BCUT2D eigenvalue weighted by molar-refractivity contribution is 8.04. The molecule has 0 saturated carbocycles. The number of nitrogens with zero attached hydrogens (tertiary/aromatic N) is 3. The Morgan fingerprint density at radius 1 is 1.06 bits per heavy atom. The molecule has 0 bridgehead atoms. The highest BCUT2D eigenvalue weighted by Gasteiger charge is 2.40. The molecule has 3 heterocycles. The standard InChI is InChI=1S/C23H17N3O6S/c1-25-15-8-6-5-7-11(15)16-13(9-12-14(10-24)20(28)26(2)19(12)27)17(22(29)31-3)18(23(30)32-4)33-21(16)25/h5-9H,1-4H3/b13-9+. The third-order valence-corrected chi connectivity index (χ3v) is 6.75. The van der Waals surface area contributed by atoms with Gasteiger partial charge in [-0.05, 0) is 12.1 Å². The van der Waals surface area contributed by atoms with Crippen molar-refractivity contribution in [3.63, 3.8) is 0 Å². The van der Waals surface area contributed by atoms with E-state index >= 15 is 0 Å². The van der Waals surface area contributed by atoms with Gasteiger partial charge in [-0.15, -0.1) is 0 Å². The Morgan fingerprint density at radius 3 is 2.36 bits per heavy atom. The van der Waals surface area contributed by atoms with Crippen LogP contribution in [0.15, 0.2) is 57.0 Å². The first kappa shape index (κ1) is 22.1. The van der Waals surface area contributed by atoms with Crippen LogP contribution in [0.5, 0.6) is 0 Å². The molecule has 1 aromatic heterocycles. The van der Waals surface area contributed by atoms with Crippen LogP contribution in [-0.2, 0) is 35.7 Å². The molecule has 2 aliphatic rings. The molecule has 2 aromatic rings. The number of aryl methyl sites for hydroxylation is 1. The van der Waals surface area contributed by atoms with Crippen molar-refractivity contribution in [2.45, 2.75) is 5.03 Å². The van der Waals surface area contributed by atoms with Crippen molar-refractivity contribution in [3.8, 4) is 6.07 Å². The lowest BCUT2D eigenvalue weighted by atomic mass is 9.93. The third kappa shape index (κ3) is 3.16. The van der Waals surface area contributed by atoms with E-state index < -0.39 is 23.8 Å². The van der Waals surface area contributed by atoms with Crippen molar-refractivity contribution < 1.29 is 28.7 Å². The van der Waals surface area contributed by atoms with Crippen molar-refractivity contribution in [1.29, 1.82) is 5.26 Å². The summed E-state index contributed by atoms with van der Waals surface area (Å²) in [6.07, 6.45) is 1.31. The summed E-state index contributed by atoms with van der Waals surface area (Å²) in [5.74, 6) is -3.01. The highest BCUT2D eigenvalue weighted by atomic mass is 32.2. The second-order valence-electron chi connectivity index (χ2n) is 7.17. The minimum atomic E-state index is -0.822. The minimum absolute atomic E-state index is 0.0294. The third-order valence-electron chi connectivity index (χ3n) is 5.50. The van der Waals surface area contributed by atoms with E-state index in [2.05, 4.69) is 0 Å². The number of amides is 2. The molecule has 0 aliphatic carbocycles. The van der Waals surface area contributed by atoms with Crippen LogP contribution < -0.4 is 0 Å². The van der Waals surface area contributed by atoms with Gasteiger partial charge < -0.3 is 14.0 Å². The van der Waals surface area contributed by atoms with Gasteiger partial charge in [0.2, 0.25) is 0 Å². The molecular formula is C23H17N3O6S. The molecule has 0 unspecified atom stereocenters. The van der Waals surface area contributed by atoms with Gasteiger partial charge in [0.15, 0.2) is 0 Å². The number of ether oxygens (including phenoxy) is 2. The fourth-order valence-corrected chi connectivity index (χ4v) is 5.09. The zero-order chi connectivity index (χ0) is 24.0. The van der Waals surface area contributed by atoms with Crippen LogP contribution in [0.2, 0.25) is 0 Å². The lowest BCUT2D eigenvalue weighted by Gasteiger charge is -2.22. The maximum atomic E-state index is 12.9. The molecule has 10 heteroatoms. The summed E-state index contributed by atoms with van der Waals surface area (Å²) in [5.41, 5.74) is 0.947. The molecule has 0 saturated heterocycles. The fourth-order valence-electron chi connectivity index (χ4n) is 3.88. The van der Waals surface area contributed by atoms with E-state index in [-0.39, 0.29) is 27.2 Å². The number of imide groups is 1. The maximum absolute atomic E-state index is 12.9. The number of para-hydroxylation sites is 1. The number of likely N-dealkylation sites (N-methyl/N-ethyl adjacent to an activating group) is 1. The van der Waals surface area contributed by atoms with E-state index in [1.54, 1.807) is 6.07 Å². The van der Waals surface area contributed by atoms with Gasteiger partial charge >= 0.3 is 11.9 Å². The number of aromatic nitrogens is 1. The normalized spacial score (nSPS) is 17.1. The van der Waals surface area contributed by atoms with E-state index in [1.165, 1.54) is 27.3 Å². The second-order valence-corrected chi connectivity index (χ2v) is 8.17. The van der Waals surface area contributed by atoms with Crippen LogP contribution in [0, 0.1) is 11.3 Å². The van der Waals surface area contributed by atoms with Gasteiger partial charge in [0.05, 0.1) is 30.4 Å². The molecule has 0 atom stereocenters. The zero-order valence-electron chi connectivity index (χ0n) is 18.1. The fraction of sp³-hybridized carbons (Fsp3) is 0.174. The summed E-state index contributed by atoms with van der Waals surface area (Å²) >= 11 is 1.05. The van der Waals surface area contributed by atoms with Crippen LogP contribution >= 0.6 is 11.8 Å². The molecule has 33 heavy (non-hydrogen) atoms. The number of thioether (sulfide) groups is 1. The van der Waals surface area contributed by atoms with Crippen molar-refractivity contribution in [1.82, 2.24) is 9.47 Å². The van der Waals surface area contributed by atoms with Crippen molar-refractivity contribution >= 4 is 52.0 Å². The van der Waals surface area contributed by atoms with E-state index in [0.29, 0.717) is 10.6 Å². The van der Waals surface area contributed by atoms with Gasteiger partial charge in [-0.2, -0.15) is 5.26 Å². The van der Waals surface area contributed by atoms with Gasteiger partial charge in [-0.25, -0.2) is 9.59 Å². The number of benzene rings is 1. The molecule has 4 rings (SSSR count). The average molecular weight is 463 g/mol. The molecule has 2 aliphatic heterocycles. The van der Waals surface area contributed by atoms with E-state index in [1.807, 2.05) is 35.9 Å². The second kappa shape index (κ2) is 8.11. The number of rotatable bonds is 3. The molecule has 0 radical (unpaired) electrons. The van der Waals surface area contributed by atoms with Gasteiger partial charge in [0.1, 0.15) is 16.5 Å². The molecule has 166 valence electrons. The van der Waals surface area contributed by atoms with Gasteiger partial charge in [-0.1, -0.05) is 30.0 Å². The van der Waals surface area contributed by atoms with Crippen LogP contribution in [0.3, 0.4) is 0 Å². The Labute approximate surface area is 192 Å². The monoisotopic (exact) mass is 463 g/mol. The Balaban J connectivity index is 2.15. The molecule has 1 aromatic carbocycles. The predicted molar refractivity (Wildman–Crippen MR) is 118 cm³/mol. The quantitative estimate of drug-likeness (QED) is 0.502. The molecule has 0 fully saturated rings. The molecular weight excluding hydrogens is 446 g/mol. The number of carbonyl (C=O) groups excluding carboxylic acids is 4. The number of esters is 2. The summed E-state index contributed by atoms with van der Waals surface area (Å²) in [4.78, 5) is 51.5. The Kier molecular flexibility index (Phi) is 5.43. The Morgan fingerprint density at radius 2 is 1.73 bits per heavy atom.